The second-order valence-electron chi connectivity index (χ2n) is 21.5. The Labute approximate surface area is 335 Å². The number of aliphatic hydroxyl groups excluding tert-OH is 3. The number of carbonyl (C=O) groups is 1. The number of fused-ring (bicyclic) bond motifs is 3. The summed E-state index contributed by atoms with van der Waals surface area (Å²) in [6.07, 6.45) is 19.5. The van der Waals surface area contributed by atoms with E-state index in [1.165, 1.54) is 19.3 Å². The number of ketones is 1. The SMILES string of the molecule is CCC[C@@H]1CC[C@@H]2[C@H](C)[C@H]([C@@H](O)[C@](C)(O)[C@@H]3CC[C@]4(O)C5=CC(=O)[C@@H]6C[C@@H](O)[C@@H](O)C[C@@]67C[C@H](C6CCC(N)[NH2+]C6)C=C[C@@H](C[C@]34C3CCCC3)[C@@H]57)O[C@@H]2CC1. The van der Waals surface area contributed by atoms with Crippen molar-refractivity contribution in [3.8, 4) is 0 Å². The molecule has 9 N–H and O–H groups in total. The molecule has 19 atom stereocenters. The van der Waals surface area contributed by atoms with Gasteiger partial charge in [-0.2, -0.15) is 0 Å². The molecule has 9 rings (SSSR count). The van der Waals surface area contributed by atoms with E-state index in [-0.39, 0.29) is 60.0 Å². The molecule has 314 valence electrons. The molecule has 9 heteroatoms. The predicted octanol–water partition coefficient (Wildman–Crippen LogP) is 4.52. The average Bonchev–Trinajstić information content (AvgIpc) is 3.83. The average molecular weight is 780 g/mol. The molecule has 2 saturated heterocycles. The molecule has 0 aromatic heterocycles. The maximum atomic E-state index is 14.7. The van der Waals surface area contributed by atoms with Crippen molar-refractivity contribution in [2.24, 2.45) is 75.7 Å². The number of allylic oxidation sites excluding steroid dienone is 3. The topological polar surface area (TPSA) is 170 Å². The first-order chi connectivity index (χ1) is 26.7. The second kappa shape index (κ2) is 14.8. The normalized spacial score (nSPS) is 52.2. The highest BCUT2D eigenvalue weighted by Crippen LogP contribution is 2.75. The lowest BCUT2D eigenvalue weighted by molar-refractivity contribution is -0.703. The molecule has 0 aromatic rings. The number of ether oxygens (including phenoxy) is 1. The summed E-state index contributed by atoms with van der Waals surface area (Å²) in [5, 5.41) is 64.4. The number of piperidine rings is 1. The first-order valence-corrected chi connectivity index (χ1v) is 23.4. The van der Waals surface area contributed by atoms with Gasteiger partial charge in [0, 0.05) is 23.7 Å². The summed E-state index contributed by atoms with van der Waals surface area (Å²) in [4.78, 5) is 14.7. The zero-order chi connectivity index (χ0) is 39.4. The fourth-order valence-electron chi connectivity index (χ4n) is 16.5. The highest BCUT2D eigenvalue weighted by atomic mass is 16.5. The van der Waals surface area contributed by atoms with Gasteiger partial charge in [-0.25, -0.2) is 0 Å². The molecule has 5 saturated carbocycles. The number of aliphatic hydroxyl groups is 5. The van der Waals surface area contributed by atoms with Gasteiger partial charge in [-0.15, -0.1) is 0 Å². The van der Waals surface area contributed by atoms with Crippen molar-refractivity contribution >= 4 is 5.78 Å². The smallest absolute Gasteiger partial charge is 0.159 e. The van der Waals surface area contributed by atoms with Crippen molar-refractivity contribution in [3.05, 3.63) is 23.8 Å². The summed E-state index contributed by atoms with van der Waals surface area (Å²) in [6.45, 7) is 7.27. The number of nitrogens with two attached hydrogens (primary N) is 2. The van der Waals surface area contributed by atoms with E-state index in [4.69, 9.17) is 10.5 Å². The summed E-state index contributed by atoms with van der Waals surface area (Å²) in [5.41, 5.74) is 2.99. The Morgan fingerprint density at radius 1 is 0.982 bits per heavy atom. The highest BCUT2D eigenvalue weighted by molar-refractivity contribution is 5.95. The predicted molar refractivity (Wildman–Crippen MR) is 213 cm³/mol. The standard InChI is InChI=1S/C47H74N2O7/c1-4-7-27-10-15-32-26(2)42(56-38(32)16-11-27)43(53)44(3,54)39-18-19-47(55)34-21-35(50)33-20-36(51)37(52)24-45(33)22-28(30-14-17-40(48)49-25-30)12-13-29(41(34)45)23-46(39,47)31-8-5-6-9-31/h12-13,21,26-33,36-43,49,51-55H,4-11,14-20,22-25,48H2,1-3H3/p+1/t26-,27+,28+,29-,30?,32+,33-,36+,37-,38+,39-,40?,41-,42+,43+,44+,45-,46-,47-/m0/s1. The van der Waals surface area contributed by atoms with Gasteiger partial charge in [0.05, 0.1) is 42.2 Å². The lowest BCUT2D eigenvalue weighted by Gasteiger charge is -2.65. The molecule has 56 heavy (non-hydrogen) atoms. The molecular weight excluding hydrogens is 705 g/mol. The van der Waals surface area contributed by atoms with E-state index in [1.54, 1.807) is 6.08 Å². The Hall–Kier alpha value is -1.17. The molecule has 0 aromatic carbocycles. The Morgan fingerprint density at radius 2 is 1.73 bits per heavy atom. The first-order valence-electron chi connectivity index (χ1n) is 23.4. The third-order valence-corrected chi connectivity index (χ3v) is 19.1. The molecule has 9 nitrogen and oxygen atoms in total. The van der Waals surface area contributed by atoms with E-state index < -0.39 is 52.4 Å². The van der Waals surface area contributed by atoms with E-state index >= 15 is 0 Å². The van der Waals surface area contributed by atoms with Crippen LogP contribution in [0.2, 0.25) is 0 Å². The van der Waals surface area contributed by atoms with Crippen LogP contribution in [0.5, 0.6) is 0 Å². The molecule has 2 unspecified atom stereocenters. The zero-order valence-corrected chi connectivity index (χ0v) is 34.6. The largest absolute Gasteiger partial charge is 0.390 e. The second-order valence-corrected chi connectivity index (χ2v) is 21.5. The lowest BCUT2D eigenvalue weighted by atomic mass is 9.40. The van der Waals surface area contributed by atoms with Gasteiger partial charge in [0.25, 0.3) is 0 Å². The van der Waals surface area contributed by atoms with Gasteiger partial charge in [-0.05, 0) is 148 Å². The molecule has 7 aliphatic carbocycles. The van der Waals surface area contributed by atoms with Gasteiger partial charge >= 0.3 is 0 Å². The third kappa shape index (κ3) is 6.00. The highest BCUT2D eigenvalue weighted by Gasteiger charge is 2.75. The Balaban J connectivity index is 1.11. The number of carbonyl (C=O) groups excluding carboxylic acids is 1. The van der Waals surface area contributed by atoms with Gasteiger partial charge in [0.2, 0.25) is 0 Å². The molecule has 2 heterocycles. The van der Waals surface area contributed by atoms with Gasteiger partial charge in [-0.3, -0.25) is 10.5 Å². The van der Waals surface area contributed by atoms with Crippen molar-refractivity contribution in [2.45, 2.75) is 184 Å². The number of hydrogen-bond acceptors (Lipinski definition) is 8. The van der Waals surface area contributed by atoms with Crippen LogP contribution in [0.15, 0.2) is 23.8 Å². The molecule has 2 aliphatic heterocycles. The molecule has 0 bridgehead atoms. The molecule has 1 spiro atoms. The summed E-state index contributed by atoms with van der Waals surface area (Å²) in [7, 11) is 0. The minimum Gasteiger partial charge on any atom is -0.390 e. The van der Waals surface area contributed by atoms with E-state index in [0.29, 0.717) is 37.5 Å². The van der Waals surface area contributed by atoms with E-state index in [9.17, 15) is 30.3 Å². The molecule has 7 fully saturated rings. The van der Waals surface area contributed by atoms with Crippen LogP contribution in [0.1, 0.15) is 136 Å². The van der Waals surface area contributed by atoms with Crippen LogP contribution in [0.3, 0.4) is 0 Å². The van der Waals surface area contributed by atoms with E-state index in [1.807, 2.05) is 6.92 Å². The van der Waals surface area contributed by atoms with Crippen LogP contribution >= 0.6 is 0 Å². The number of quaternary nitrogens is 1. The van der Waals surface area contributed by atoms with E-state index in [0.717, 1.165) is 82.2 Å². The molecule has 0 amide bonds. The zero-order valence-electron chi connectivity index (χ0n) is 34.6. The van der Waals surface area contributed by atoms with Crippen molar-refractivity contribution < 1.29 is 40.4 Å². The fraction of sp³-hybridized carbons (Fsp3) is 0.894. The quantitative estimate of drug-likeness (QED) is 0.185. The van der Waals surface area contributed by atoms with Crippen molar-refractivity contribution in [1.29, 1.82) is 0 Å². The van der Waals surface area contributed by atoms with Gasteiger partial charge < -0.3 is 35.6 Å². The molecule has 0 radical (unpaired) electrons. The third-order valence-electron chi connectivity index (χ3n) is 19.1. The monoisotopic (exact) mass is 780 g/mol. The summed E-state index contributed by atoms with van der Waals surface area (Å²) in [5.74, 6) is 1.02. The maximum Gasteiger partial charge on any atom is 0.159 e. The summed E-state index contributed by atoms with van der Waals surface area (Å²) in [6, 6.07) is 0. The number of hydrogen-bond donors (Lipinski definition) is 7. The van der Waals surface area contributed by atoms with Crippen molar-refractivity contribution in [1.82, 2.24) is 0 Å². The van der Waals surface area contributed by atoms with Gasteiger partial charge in [0.15, 0.2) is 5.78 Å². The van der Waals surface area contributed by atoms with Crippen LogP contribution < -0.4 is 11.1 Å². The first kappa shape index (κ1) is 40.2. The number of rotatable bonds is 7. The van der Waals surface area contributed by atoms with Crippen LogP contribution in [-0.4, -0.2) is 85.7 Å². The molecule has 9 aliphatic rings. The van der Waals surface area contributed by atoms with Gasteiger partial charge in [-0.1, -0.05) is 58.1 Å². The Kier molecular flexibility index (Phi) is 10.6. The fourth-order valence-corrected chi connectivity index (χ4v) is 16.5. The van der Waals surface area contributed by atoms with Crippen LogP contribution in [0, 0.1) is 70.0 Å². The van der Waals surface area contributed by atoms with Gasteiger partial charge in [0.1, 0.15) is 12.3 Å². The Bertz CT molecular complexity index is 1540. The maximum absolute atomic E-state index is 14.7. The lowest BCUT2D eigenvalue weighted by Crippen LogP contribution is -2.95. The van der Waals surface area contributed by atoms with E-state index in [2.05, 4.69) is 31.3 Å². The van der Waals surface area contributed by atoms with Crippen molar-refractivity contribution in [3.63, 3.8) is 0 Å². The van der Waals surface area contributed by atoms with Crippen molar-refractivity contribution in [2.75, 3.05) is 6.54 Å². The van der Waals surface area contributed by atoms with Crippen LogP contribution in [0.25, 0.3) is 0 Å². The summed E-state index contributed by atoms with van der Waals surface area (Å²) >= 11 is 0. The van der Waals surface area contributed by atoms with Crippen LogP contribution in [-0.2, 0) is 9.53 Å². The minimum atomic E-state index is -1.52. The Morgan fingerprint density at radius 3 is 2.46 bits per heavy atom. The van der Waals surface area contributed by atoms with Crippen LogP contribution in [0.4, 0.5) is 0 Å². The summed E-state index contributed by atoms with van der Waals surface area (Å²) < 4.78 is 6.85. The molecular formula is C47H75N2O7+. The minimum absolute atomic E-state index is 0.00197.